The van der Waals surface area contributed by atoms with E-state index in [0.29, 0.717) is 17.6 Å². The lowest BCUT2D eigenvalue weighted by atomic mass is 9.46. The van der Waals surface area contributed by atoms with Gasteiger partial charge in [-0.25, -0.2) is 0 Å². The Morgan fingerprint density at radius 1 is 1.15 bits per heavy atom. The van der Waals surface area contributed by atoms with Crippen molar-refractivity contribution in [2.24, 2.45) is 16.3 Å². The van der Waals surface area contributed by atoms with Crippen molar-refractivity contribution in [3.8, 4) is 0 Å². The molecule has 0 amide bonds. The van der Waals surface area contributed by atoms with E-state index < -0.39 is 0 Å². The number of hydrogen-bond donors (Lipinski definition) is 1. The maximum atomic E-state index is 6.09. The number of likely N-dealkylation sites (tertiary alicyclic amines) is 2. The molecular formula is C20H35IN4O. The number of hydrogen-bond acceptors (Lipinski definition) is 3. The summed E-state index contributed by atoms with van der Waals surface area (Å²) >= 11 is 0. The van der Waals surface area contributed by atoms with Crippen molar-refractivity contribution in [1.29, 1.82) is 0 Å². The van der Waals surface area contributed by atoms with Crippen molar-refractivity contribution in [3.63, 3.8) is 0 Å². The molecule has 0 aromatic heterocycles. The highest BCUT2D eigenvalue weighted by molar-refractivity contribution is 14.0. The molecule has 0 bridgehead atoms. The predicted molar refractivity (Wildman–Crippen MR) is 115 cm³/mol. The van der Waals surface area contributed by atoms with E-state index in [1.165, 1.54) is 64.0 Å². The van der Waals surface area contributed by atoms with E-state index in [9.17, 15) is 0 Å². The van der Waals surface area contributed by atoms with Crippen LogP contribution in [0.5, 0.6) is 0 Å². The number of fused-ring (bicyclic) bond motifs is 2. The summed E-state index contributed by atoms with van der Waals surface area (Å²) in [6.07, 6.45) is 9.93. The Hall–Kier alpha value is -0.0800. The minimum atomic E-state index is 0. The Morgan fingerprint density at radius 2 is 1.96 bits per heavy atom. The average molecular weight is 474 g/mol. The van der Waals surface area contributed by atoms with Crippen molar-refractivity contribution < 1.29 is 4.74 Å². The minimum absolute atomic E-state index is 0. The summed E-state index contributed by atoms with van der Waals surface area (Å²) < 4.78 is 6.09. The fraction of sp³-hybridized carbons (Fsp3) is 0.950. The molecular weight excluding hydrogens is 439 g/mol. The molecule has 26 heavy (non-hydrogen) atoms. The molecule has 0 aromatic rings. The van der Waals surface area contributed by atoms with Crippen LogP contribution in [-0.4, -0.2) is 73.3 Å². The number of rotatable bonds is 3. The molecule has 148 valence electrons. The minimum Gasteiger partial charge on any atom is -0.377 e. The zero-order valence-corrected chi connectivity index (χ0v) is 18.5. The SMILES string of the molecule is CCN=C(NC1C2CCOC2C12CCC2)N1CCC(N2CCCC2)C1.I. The second kappa shape index (κ2) is 7.74. The van der Waals surface area contributed by atoms with Gasteiger partial charge in [0.05, 0.1) is 6.10 Å². The first-order chi connectivity index (χ1) is 12.3. The summed E-state index contributed by atoms with van der Waals surface area (Å²) in [5, 5.41) is 3.95. The number of guanidine groups is 1. The van der Waals surface area contributed by atoms with Crippen LogP contribution in [0, 0.1) is 11.3 Å². The van der Waals surface area contributed by atoms with Gasteiger partial charge in [0.1, 0.15) is 0 Å². The fourth-order valence-corrected chi connectivity index (χ4v) is 6.32. The number of ether oxygens (including phenoxy) is 1. The van der Waals surface area contributed by atoms with E-state index in [1.807, 2.05) is 0 Å². The maximum Gasteiger partial charge on any atom is 0.194 e. The molecule has 5 rings (SSSR count). The van der Waals surface area contributed by atoms with Crippen molar-refractivity contribution in [3.05, 3.63) is 0 Å². The summed E-state index contributed by atoms with van der Waals surface area (Å²) in [6, 6.07) is 1.35. The predicted octanol–water partition coefficient (Wildman–Crippen LogP) is 2.70. The summed E-state index contributed by atoms with van der Waals surface area (Å²) in [4.78, 5) is 10.2. The molecule has 0 aromatic carbocycles. The quantitative estimate of drug-likeness (QED) is 0.388. The fourth-order valence-electron chi connectivity index (χ4n) is 6.32. The van der Waals surface area contributed by atoms with Crippen LogP contribution in [-0.2, 0) is 4.74 Å². The normalized spacial score (nSPS) is 38.7. The van der Waals surface area contributed by atoms with Crippen molar-refractivity contribution >= 4 is 29.9 Å². The van der Waals surface area contributed by atoms with Gasteiger partial charge in [0.25, 0.3) is 0 Å². The molecule has 4 unspecified atom stereocenters. The van der Waals surface area contributed by atoms with Gasteiger partial charge in [-0.1, -0.05) is 6.42 Å². The van der Waals surface area contributed by atoms with Crippen LogP contribution >= 0.6 is 24.0 Å². The molecule has 5 aliphatic rings. The summed E-state index contributed by atoms with van der Waals surface area (Å²) in [6.45, 7) is 8.94. The second-order valence-electron chi connectivity index (χ2n) is 8.88. The third-order valence-electron chi connectivity index (χ3n) is 7.75. The molecule has 4 atom stereocenters. The summed E-state index contributed by atoms with van der Waals surface area (Å²) in [5.41, 5.74) is 0.434. The molecule has 5 nitrogen and oxygen atoms in total. The summed E-state index contributed by atoms with van der Waals surface area (Å²) in [7, 11) is 0. The molecule has 6 heteroatoms. The molecule has 3 heterocycles. The molecule has 1 N–H and O–H groups in total. The van der Waals surface area contributed by atoms with Crippen LogP contribution in [0.15, 0.2) is 4.99 Å². The summed E-state index contributed by atoms with van der Waals surface area (Å²) in [5.74, 6) is 1.91. The van der Waals surface area contributed by atoms with Gasteiger partial charge in [0.2, 0.25) is 0 Å². The third-order valence-corrected chi connectivity index (χ3v) is 7.75. The lowest BCUT2D eigenvalue weighted by Gasteiger charge is -2.63. The topological polar surface area (TPSA) is 40.1 Å². The van der Waals surface area contributed by atoms with E-state index in [-0.39, 0.29) is 24.0 Å². The Bertz CT molecular complexity index is 532. The molecule has 2 aliphatic carbocycles. The van der Waals surface area contributed by atoms with Gasteiger partial charge in [-0.3, -0.25) is 9.89 Å². The maximum absolute atomic E-state index is 6.09. The first kappa shape index (κ1) is 19.2. The molecule has 3 saturated heterocycles. The van der Waals surface area contributed by atoms with E-state index in [2.05, 4.69) is 22.0 Å². The monoisotopic (exact) mass is 474 g/mol. The van der Waals surface area contributed by atoms with Crippen LogP contribution in [0.4, 0.5) is 0 Å². The van der Waals surface area contributed by atoms with Crippen LogP contribution < -0.4 is 5.32 Å². The zero-order valence-electron chi connectivity index (χ0n) is 16.2. The molecule has 0 radical (unpaired) electrons. The zero-order chi connectivity index (χ0) is 16.9. The van der Waals surface area contributed by atoms with Gasteiger partial charge >= 0.3 is 0 Å². The highest BCUT2D eigenvalue weighted by Crippen LogP contribution is 2.62. The molecule has 1 spiro atoms. The van der Waals surface area contributed by atoms with E-state index in [4.69, 9.17) is 9.73 Å². The van der Waals surface area contributed by atoms with Gasteiger partial charge in [0.15, 0.2) is 5.96 Å². The smallest absolute Gasteiger partial charge is 0.194 e. The standard InChI is InChI=1S/C20H34N4O.HI/c1-2-21-19(24-12-6-15(14-24)23-10-3-4-11-23)22-17-16-7-13-25-18(16)20(17)8-5-9-20;/h15-18H,2-14H2,1H3,(H,21,22);1H. The highest BCUT2D eigenvalue weighted by Gasteiger charge is 2.66. The van der Waals surface area contributed by atoms with Crippen molar-refractivity contribution in [1.82, 2.24) is 15.1 Å². The van der Waals surface area contributed by atoms with Crippen LogP contribution in [0.1, 0.15) is 51.9 Å². The van der Waals surface area contributed by atoms with Gasteiger partial charge in [0, 0.05) is 49.7 Å². The lowest BCUT2D eigenvalue weighted by molar-refractivity contribution is -0.171. The molecule has 2 saturated carbocycles. The number of nitrogens with one attached hydrogen (secondary N) is 1. The van der Waals surface area contributed by atoms with Crippen LogP contribution in [0.25, 0.3) is 0 Å². The Balaban J connectivity index is 0.00000168. The van der Waals surface area contributed by atoms with Crippen molar-refractivity contribution in [2.45, 2.75) is 70.1 Å². The van der Waals surface area contributed by atoms with Gasteiger partial charge in [-0.2, -0.15) is 0 Å². The van der Waals surface area contributed by atoms with E-state index in [1.54, 1.807) is 0 Å². The van der Waals surface area contributed by atoms with Gasteiger partial charge < -0.3 is 15.0 Å². The first-order valence-electron chi connectivity index (χ1n) is 10.7. The first-order valence-corrected chi connectivity index (χ1v) is 10.7. The lowest BCUT2D eigenvalue weighted by Crippen LogP contribution is -2.72. The Morgan fingerprint density at radius 3 is 2.65 bits per heavy atom. The molecule has 3 aliphatic heterocycles. The average Bonchev–Trinajstić information content (AvgIpc) is 3.29. The number of aliphatic imine (C=N–C) groups is 1. The van der Waals surface area contributed by atoms with E-state index >= 15 is 0 Å². The third kappa shape index (κ3) is 2.98. The van der Waals surface area contributed by atoms with Crippen molar-refractivity contribution in [2.75, 3.05) is 39.3 Å². The number of halogens is 1. The number of nitrogens with zero attached hydrogens (tertiary/aromatic N) is 3. The van der Waals surface area contributed by atoms with E-state index in [0.717, 1.165) is 38.2 Å². The second-order valence-corrected chi connectivity index (χ2v) is 8.88. The highest BCUT2D eigenvalue weighted by atomic mass is 127. The Kier molecular flexibility index (Phi) is 5.73. The Labute approximate surface area is 175 Å². The molecule has 5 fully saturated rings. The van der Waals surface area contributed by atoms with Gasteiger partial charge in [-0.15, -0.1) is 24.0 Å². The largest absolute Gasteiger partial charge is 0.377 e. The van der Waals surface area contributed by atoms with Gasteiger partial charge in [-0.05, 0) is 58.5 Å². The van der Waals surface area contributed by atoms with Crippen LogP contribution in [0.2, 0.25) is 0 Å². The van der Waals surface area contributed by atoms with Crippen LogP contribution in [0.3, 0.4) is 0 Å².